The van der Waals surface area contributed by atoms with Crippen molar-refractivity contribution in [3.63, 3.8) is 0 Å². The SMILES string of the molecule is CC=Cc1ccc(OCC(=O)OCC(=O)N(N=Cc2ccccc2)c2cccc(C(F)(F)F)c2)c(OC)c1. The number of carbonyl (C=O) groups excluding carboxylic acids is 2. The van der Waals surface area contributed by atoms with Crippen molar-refractivity contribution < 1.29 is 37.0 Å². The number of anilines is 1. The summed E-state index contributed by atoms with van der Waals surface area (Å²) in [5.41, 5.74) is 0.380. The number of methoxy groups -OCH3 is 1. The van der Waals surface area contributed by atoms with E-state index in [0.29, 0.717) is 17.1 Å². The van der Waals surface area contributed by atoms with Gasteiger partial charge in [-0.05, 0) is 48.4 Å². The molecule has 0 spiro atoms. The zero-order valence-corrected chi connectivity index (χ0v) is 20.6. The molecule has 0 radical (unpaired) electrons. The average molecular weight is 527 g/mol. The van der Waals surface area contributed by atoms with Crippen molar-refractivity contribution in [1.82, 2.24) is 0 Å². The highest BCUT2D eigenvalue weighted by molar-refractivity contribution is 5.96. The molecule has 0 fully saturated rings. The lowest BCUT2D eigenvalue weighted by molar-refractivity contribution is -0.149. The van der Waals surface area contributed by atoms with Crippen LogP contribution in [-0.4, -0.2) is 38.4 Å². The molecule has 0 aliphatic carbocycles. The normalized spacial score (nSPS) is 11.5. The van der Waals surface area contributed by atoms with Crippen LogP contribution in [0.15, 0.2) is 84.0 Å². The van der Waals surface area contributed by atoms with E-state index >= 15 is 0 Å². The monoisotopic (exact) mass is 526 g/mol. The quantitative estimate of drug-likeness (QED) is 0.191. The summed E-state index contributed by atoms with van der Waals surface area (Å²) < 4.78 is 55.5. The summed E-state index contributed by atoms with van der Waals surface area (Å²) in [6.07, 6.45) is 0.412. The fourth-order valence-corrected chi connectivity index (χ4v) is 3.23. The number of ether oxygens (including phenoxy) is 3. The summed E-state index contributed by atoms with van der Waals surface area (Å²) >= 11 is 0. The lowest BCUT2D eigenvalue weighted by Crippen LogP contribution is -2.31. The van der Waals surface area contributed by atoms with Gasteiger partial charge in [0.2, 0.25) is 0 Å². The van der Waals surface area contributed by atoms with E-state index in [0.717, 1.165) is 28.8 Å². The van der Waals surface area contributed by atoms with Gasteiger partial charge in [-0.15, -0.1) is 0 Å². The molecular weight excluding hydrogens is 501 g/mol. The minimum Gasteiger partial charge on any atom is -0.493 e. The van der Waals surface area contributed by atoms with Crippen LogP contribution in [0.1, 0.15) is 23.6 Å². The van der Waals surface area contributed by atoms with Gasteiger partial charge in [-0.25, -0.2) is 4.79 Å². The predicted molar refractivity (Wildman–Crippen MR) is 137 cm³/mol. The molecule has 3 aromatic rings. The Bertz CT molecular complexity index is 1310. The van der Waals surface area contributed by atoms with Crippen molar-refractivity contribution >= 4 is 29.9 Å². The summed E-state index contributed by atoms with van der Waals surface area (Å²) in [5.74, 6) is -1.04. The van der Waals surface area contributed by atoms with Gasteiger partial charge in [0.05, 0.1) is 24.6 Å². The highest BCUT2D eigenvalue weighted by Gasteiger charge is 2.31. The molecule has 0 saturated heterocycles. The van der Waals surface area contributed by atoms with Gasteiger partial charge in [0.25, 0.3) is 5.91 Å². The molecule has 0 unspecified atom stereocenters. The Hall–Kier alpha value is -4.60. The second-order valence-electron chi connectivity index (χ2n) is 7.77. The average Bonchev–Trinajstić information content (AvgIpc) is 2.91. The first kappa shape index (κ1) is 28.0. The molecule has 0 atom stereocenters. The van der Waals surface area contributed by atoms with E-state index in [1.807, 2.05) is 19.1 Å². The van der Waals surface area contributed by atoms with Crippen LogP contribution >= 0.6 is 0 Å². The lowest BCUT2D eigenvalue weighted by Gasteiger charge is -2.19. The van der Waals surface area contributed by atoms with Crippen molar-refractivity contribution in [2.75, 3.05) is 25.3 Å². The van der Waals surface area contributed by atoms with Gasteiger partial charge in [-0.3, -0.25) is 4.79 Å². The number of allylic oxidation sites excluding steroid dienone is 1. The maximum atomic E-state index is 13.2. The minimum atomic E-state index is -4.62. The van der Waals surface area contributed by atoms with E-state index in [-0.39, 0.29) is 5.69 Å². The minimum absolute atomic E-state index is 0.143. The fourth-order valence-electron chi connectivity index (χ4n) is 3.23. The Morgan fingerprint density at radius 1 is 0.921 bits per heavy atom. The second kappa shape index (κ2) is 13.1. The van der Waals surface area contributed by atoms with Gasteiger partial charge in [-0.1, -0.05) is 54.6 Å². The number of hydrazone groups is 1. The molecule has 7 nitrogen and oxygen atoms in total. The molecule has 0 aliphatic heterocycles. The number of alkyl halides is 3. The summed E-state index contributed by atoms with van der Waals surface area (Å²) in [6.45, 7) is 0.570. The van der Waals surface area contributed by atoms with Crippen LogP contribution < -0.4 is 14.5 Å². The molecule has 10 heteroatoms. The molecule has 3 aromatic carbocycles. The molecule has 0 heterocycles. The number of rotatable bonds is 10. The first-order valence-corrected chi connectivity index (χ1v) is 11.4. The van der Waals surface area contributed by atoms with E-state index in [1.165, 1.54) is 19.4 Å². The molecule has 3 rings (SSSR count). The van der Waals surface area contributed by atoms with E-state index < -0.39 is 36.8 Å². The molecule has 0 N–H and O–H groups in total. The zero-order chi connectivity index (χ0) is 27.5. The van der Waals surface area contributed by atoms with Crippen LogP contribution in [0.4, 0.5) is 18.9 Å². The Labute approximate surface area is 217 Å². The van der Waals surface area contributed by atoms with E-state index in [9.17, 15) is 22.8 Å². The van der Waals surface area contributed by atoms with Crippen LogP contribution in [0, 0.1) is 0 Å². The van der Waals surface area contributed by atoms with Crippen molar-refractivity contribution in [1.29, 1.82) is 0 Å². The van der Waals surface area contributed by atoms with E-state index in [1.54, 1.807) is 48.5 Å². The highest BCUT2D eigenvalue weighted by atomic mass is 19.4. The Kier molecular flexibility index (Phi) is 9.64. The second-order valence-corrected chi connectivity index (χ2v) is 7.77. The van der Waals surface area contributed by atoms with Crippen molar-refractivity contribution in [3.8, 4) is 11.5 Å². The summed E-state index contributed by atoms with van der Waals surface area (Å²) in [5, 5.41) is 4.80. The highest BCUT2D eigenvalue weighted by Crippen LogP contribution is 2.32. The topological polar surface area (TPSA) is 77.4 Å². The van der Waals surface area contributed by atoms with Gasteiger partial charge in [0.1, 0.15) is 0 Å². The van der Waals surface area contributed by atoms with Gasteiger partial charge >= 0.3 is 12.1 Å². The number of carbonyl (C=O) groups is 2. The molecular formula is C28H25F3N2O5. The van der Waals surface area contributed by atoms with Crippen LogP contribution in [0.2, 0.25) is 0 Å². The molecule has 38 heavy (non-hydrogen) atoms. The van der Waals surface area contributed by atoms with Gasteiger partial charge in [-0.2, -0.15) is 23.3 Å². The molecule has 198 valence electrons. The summed E-state index contributed by atoms with van der Waals surface area (Å²) in [7, 11) is 1.46. The fraction of sp³-hybridized carbons (Fsp3) is 0.179. The Balaban J connectivity index is 1.70. The van der Waals surface area contributed by atoms with Crippen molar-refractivity contribution in [3.05, 3.63) is 95.6 Å². The van der Waals surface area contributed by atoms with Crippen molar-refractivity contribution in [2.24, 2.45) is 5.10 Å². The largest absolute Gasteiger partial charge is 0.493 e. The smallest absolute Gasteiger partial charge is 0.416 e. The summed E-state index contributed by atoms with van der Waals surface area (Å²) in [4.78, 5) is 25.1. The Morgan fingerprint density at radius 2 is 1.68 bits per heavy atom. The third-order valence-corrected chi connectivity index (χ3v) is 5.03. The van der Waals surface area contributed by atoms with Crippen LogP contribution in [-0.2, 0) is 20.5 Å². The molecule has 0 saturated carbocycles. The predicted octanol–water partition coefficient (Wildman–Crippen LogP) is 5.74. The number of nitrogens with zero attached hydrogens (tertiary/aromatic N) is 2. The number of esters is 1. The van der Waals surface area contributed by atoms with E-state index in [4.69, 9.17) is 14.2 Å². The molecule has 0 bridgehead atoms. The number of hydrogen-bond donors (Lipinski definition) is 0. The molecule has 0 aliphatic rings. The van der Waals surface area contributed by atoms with Crippen molar-refractivity contribution in [2.45, 2.75) is 13.1 Å². The molecule has 0 aromatic heterocycles. The van der Waals surface area contributed by atoms with Crippen LogP contribution in [0.25, 0.3) is 6.08 Å². The van der Waals surface area contributed by atoms with Gasteiger partial charge < -0.3 is 14.2 Å². The maximum Gasteiger partial charge on any atom is 0.416 e. The first-order valence-electron chi connectivity index (χ1n) is 11.4. The maximum absolute atomic E-state index is 13.2. The zero-order valence-electron chi connectivity index (χ0n) is 20.6. The third-order valence-electron chi connectivity index (χ3n) is 5.03. The Morgan fingerprint density at radius 3 is 2.37 bits per heavy atom. The lowest BCUT2D eigenvalue weighted by atomic mass is 10.2. The van der Waals surface area contributed by atoms with E-state index in [2.05, 4.69) is 5.10 Å². The van der Waals surface area contributed by atoms with Gasteiger partial charge in [0.15, 0.2) is 24.7 Å². The third kappa shape index (κ3) is 7.95. The molecule has 1 amide bonds. The van der Waals surface area contributed by atoms with Crippen LogP contribution in [0.3, 0.4) is 0 Å². The van der Waals surface area contributed by atoms with Crippen LogP contribution in [0.5, 0.6) is 11.5 Å². The summed E-state index contributed by atoms with van der Waals surface area (Å²) in [6, 6.07) is 17.9. The number of hydrogen-bond acceptors (Lipinski definition) is 6. The number of halogens is 3. The standard InChI is InChI=1S/C28H25F3N2O5/c1-3-8-20-13-14-24(25(15-20)36-2)37-19-27(35)38-18-26(34)33(32-17-21-9-5-4-6-10-21)23-12-7-11-22(16-23)28(29,30)31/h3-17H,18-19H2,1-2H3. The number of benzene rings is 3. The first-order chi connectivity index (χ1) is 18.2. The van der Waals surface area contributed by atoms with Gasteiger partial charge in [0, 0.05) is 0 Å². The number of amides is 1.